The first-order valence-electron chi connectivity index (χ1n) is 15.6. The van der Waals surface area contributed by atoms with Gasteiger partial charge < -0.3 is 48.1 Å². The molecular formula is C35H44O12. The molecule has 2 heterocycles. The van der Waals surface area contributed by atoms with Crippen LogP contribution in [0, 0.1) is 5.41 Å². The average Bonchev–Trinajstić information content (AvgIpc) is 3.11. The SMILES string of the molecule is C=CC(=O)OCC(O)COc1ccc(CCC2OCC3(CO2)COC(CCc2ccc(OCC(O)COC(=O)C=C)cc2)OC3)cc1. The van der Waals surface area contributed by atoms with Gasteiger partial charge in [-0.05, 0) is 48.2 Å². The summed E-state index contributed by atoms with van der Waals surface area (Å²) in [4.78, 5) is 22.2. The second-order valence-corrected chi connectivity index (χ2v) is 11.6. The summed E-state index contributed by atoms with van der Waals surface area (Å²) >= 11 is 0. The first-order chi connectivity index (χ1) is 22.8. The van der Waals surface area contributed by atoms with Crippen molar-refractivity contribution in [2.24, 2.45) is 5.41 Å². The fraction of sp³-hybridized carbons (Fsp3) is 0.486. The molecule has 0 amide bonds. The van der Waals surface area contributed by atoms with Gasteiger partial charge in [-0.2, -0.15) is 0 Å². The molecule has 1 spiro atoms. The van der Waals surface area contributed by atoms with Gasteiger partial charge in [0.15, 0.2) is 12.6 Å². The van der Waals surface area contributed by atoms with Crippen LogP contribution in [0.3, 0.4) is 0 Å². The summed E-state index contributed by atoms with van der Waals surface area (Å²) in [7, 11) is 0. The number of benzene rings is 2. The second-order valence-electron chi connectivity index (χ2n) is 11.6. The van der Waals surface area contributed by atoms with Crippen LogP contribution in [0.2, 0.25) is 0 Å². The Hall–Kier alpha value is -3.78. The van der Waals surface area contributed by atoms with Crippen LogP contribution in [0.15, 0.2) is 73.8 Å². The lowest BCUT2D eigenvalue weighted by Crippen LogP contribution is -2.52. The lowest BCUT2D eigenvalue weighted by atomic mass is 9.90. The minimum absolute atomic E-state index is 0.00137. The van der Waals surface area contributed by atoms with Crippen molar-refractivity contribution < 1.29 is 57.7 Å². The summed E-state index contributed by atoms with van der Waals surface area (Å²) in [5, 5.41) is 19.7. The van der Waals surface area contributed by atoms with E-state index in [9.17, 15) is 19.8 Å². The zero-order valence-electron chi connectivity index (χ0n) is 26.5. The minimum Gasteiger partial charge on any atom is -0.491 e. The molecule has 2 aliphatic heterocycles. The number of hydrogen-bond donors (Lipinski definition) is 2. The van der Waals surface area contributed by atoms with Crippen molar-refractivity contribution in [3.63, 3.8) is 0 Å². The van der Waals surface area contributed by atoms with E-state index >= 15 is 0 Å². The molecule has 2 N–H and O–H groups in total. The minimum atomic E-state index is -0.933. The molecular weight excluding hydrogens is 612 g/mol. The van der Waals surface area contributed by atoms with Crippen LogP contribution in [0.25, 0.3) is 0 Å². The van der Waals surface area contributed by atoms with E-state index in [2.05, 4.69) is 13.2 Å². The molecule has 0 aromatic heterocycles. The molecule has 256 valence electrons. The van der Waals surface area contributed by atoms with E-state index in [-0.39, 0.29) is 44.4 Å². The Bertz CT molecular complexity index is 1160. The average molecular weight is 657 g/mol. The molecule has 2 atom stereocenters. The number of rotatable bonds is 18. The van der Waals surface area contributed by atoms with Crippen LogP contribution in [0.4, 0.5) is 0 Å². The van der Waals surface area contributed by atoms with E-state index in [1.54, 1.807) is 0 Å². The fourth-order valence-corrected chi connectivity index (χ4v) is 4.79. The molecule has 2 unspecified atom stereocenters. The number of carbonyl (C=O) groups excluding carboxylic acids is 2. The Kier molecular flexibility index (Phi) is 14.2. The molecule has 2 aliphatic rings. The summed E-state index contributed by atoms with van der Waals surface area (Å²) in [5.74, 6) is 0.0280. The van der Waals surface area contributed by atoms with Gasteiger partial charge >= 0.3 is 11.9 Å². The molecule has 2 aromatic carbocycles. The van der Waals surface area contributed by atoms with Crippen LogP contribution in [-0.2, 0) is 50.9 Å². The smallest absolute Gasteiger partial charge is 0.330 e. The standard InChI is InChI=1S/C35H44O12/c1-3-31(38)42-19-27(36)17-40-29-11-5-25(6-12-29)9-15-33-44-21-35(22-45-33)23-46-34(47-24-35)16-10-26-7-13-30(14-8-26)41-18-28(37)20-43-32(39)4-2/h3-8,11-14,27-28,33-34,36-37H,1-2,9-10,15-24H2. The number of esters is 2. The van der Waals surface area contributed by atoms with Crippen LogP contribution >= 0.6 is 0 Å². The highest BCUT2D eigenvalue weighted by atomic mass is 16.7. The number of aryl methyl sites for hydroxylation is 2. The molecule has 2 fully saturated rings. The summed E-state index contributed by atoms with van der Waals surface area (Å²) in [5.41, 5.74) is 1.87. The Labute approximate surface area is 274 Å². The van der Waals surface area contributed by atoms with E-state index in [1.807, 2.05) is 48.5 Å². The van der Waals surface area contributed by atoms with Gasteiger partial charge in [0.25, 0.3) is 0 Å². The highest BCUT2D eigenvalue weighted by Gasteiger charge is 2.41. The summed E-state index contributed by atoms with van der Waals surface area (Å²) < 4.78 is 44.9. The molecule has 4 rings (SSSR count). The maximum atomic E-state index is 11.1. The molecule has 2 saturated heterocycles. The number of carbonyl (C=O) groups is 2. The van der Waals surface area contributed by atoms with Crippen molar-refractivity contribution in [1.82, 2.24) is 0 Å². The topological polar surface area (TPSA) is 148 Å². The summed E-state index contributed by atoms with van der Waals surface area (Å²) in [6, 6.07) is 15.1. The van der Waals surface area contributed by atoms with Crippen LogP contribution < -0.4 is 9.47 Å². The maximum absolute atomic E-state index is 11.1. The van der Waals surface area contributed by atoms with Crippen molar-refractivity contribution in [2.75, 3.05) is 52.9 Å². The van der Waals surface area contributed by atoms with Gasteiger partial charge in [-0.3, -0.25) is 0 Å². The largest absolute Gasteiger partial charge is 0.491 e. The zero-order valence-corrected chi connectivity index (χ0v) is 26.5. The highest BCUT2D eigenvalue weighted by Crippen LogP contribution is 2.32. The summed E-state index contributed by atoms with van der Waals surface area (Å²) in [6.07, 6.45) is 2.50. The third-order valence-corrected chi connectivity index (χ3v) is 7.54. The molecule has 2 aromatic rings. The molecule has 0 radical (unpaired) electrons. The van der Waals surface area contributed by atoms with Gasteiger partial charge in [0.05, 0.1) is 31.8 Å². The number of ether oxygens (including phenoxy) is 8. The number of hydrogen-bond acceptors (Lipinski definition) is 12. The predicted octanol–water partition coefficient (Wildman–Crippen LogP) is 2.92. The lowest BCUT2D eigenvalue weighted by molar-refractivity contribution is -0.303. The van der Waals surface area contributed by atoms with E-state index in [4.69, 9.17) is 37.9 Å². The lowest BCUT2D eigenvalue weighted by Gasteiger charge is -2.43. The molecule has 0 bridgehead atoms. The van der Waals surface area contributed by atoms with Gasteiger partial charge in [-0.1, -0.05) is 37.4 Å². The Morgan fingerprint density at radius 3 is 1.38 bits per heavy atom. The van der Waals surface area contributed by atoms with Gasteiger partial charge in [-0.15, -0.1) is 0 Å². The third kappa shape index (κ3) is 12.4. The Balaban J connectivity index is 1.07. The van der Waals surface area contributed by atoms with Crippen LogP contribution in [0.5, 0.6) is 11.5 Å². The van der Waals surface area contributed by atoms with Crippen molar-refractivity contribution in [1.29, 1.82) is 0 Å². The van der Waals surface area contributed by atoms with Gasteiger partial charge in [0.2, 0.25) is 0 Å². The molecule has 47 heavy (non-hydrogen) atoms. The molecule has 0 aliphatic carbocycles. The van der Waals surface area contributed by atoms with E-state index in [0.717, 1.165) is 36.1 Å². The predicted molar refractivity (Wildman–Crippen MR) is 169 cm³/mol. The van der Waals surface area contributed by atoms with Crippen LogP contribution in [-0.4, -0.2) is 99.8 Å². The Morgan fingerprint density at radius 1 is 0.681 bits per heavy atom. The van der Waals surface area contributed by atoms with Gasteiger partial charge in [0.1, 0.15) is 50.1 Å². The summed E-state index contributed by atoms with van der Waals surface area (Å²) in [6.45, 7) is 8.28. The van der Waals surface area contributed by atoms with Crippen molar-refractivity contribution in [3.8, 4) is 11.5 Å². The monoisotopic (exact) mass is 656 g/mol. The third-order valence-electron chi connectivity index (χ3n) is 7.54. The molecule has 0 saturated carbocycles. The van der Waals surface area contributed by atoms with E-state index < -0.39 is 24.1 Å². The zero-order chi connectivity index (χ0) is 33.5. The molecule has 12 nitrogen and oxygen atoms in total. The fourth-order valence-electron chi connectivity index (χ4n) is 4.79. The van der Waals surface area contributed by atoms with Gasteiger partial charge in [-0.25, -0.2) is 9.59 Å². The number of aliphatic hydroxyl groups is 2. The normalized spacial score (nSPS) is 22.1. The first-order valence-corrected chi connectivity index (χ1v) is 15.6. The van der Waals surface area contributed by atoms with E-state index in [0.29, 0.717) is 50.8 Å². The van der Waals surface area contributed by atoms with Crippen LogP contribution in [0.1, 0.15) is 24.0 Å². The maximum Gasteiger partial charge on any atom is 0.330 e. The quantitative estimate of drug-likeness (QED) is 0.180. The van der Waals surface area contributed by atoms with Crippen molar-refractivity contribution in [3.05, 3.63) is 85.0 Å². The van der Waals surface area contributed by atoms with E-state index in [1.165, 1.54) is 0 Å². The van der Waals surface area contributed by atoms with Crippen molar-refractivity contribution >= 4 is 11.9 Å². The van der Waals surface area contributed by atoms with Gasteiger partial charge in [0, 0.05) is 25.0 Å². The molecule has 12 heteroatoms. The Morgan fingerprint density at radius 2 is 1.04 bits per heavy atom. The van der Waals surface area contributed by atoms with Crippen molar-refractivity contribution in [2.45, 2.75) is 50.5 Å². The second kappa shape index (κ2) is 18.5. The first kappa shape index (κ1) is 36.1. The highest BCUT2D eigenvalue weighted by molar-refractivity contribution is 5.81. The number of aliphatic hydroxyl groups excluding tert-OH is 2.